The molecule has 5 nitrogen and oxygen atoms in total. The number of aromatic nitrogens is 2. The minimum absolute atomic E-state index is 0.478. The van der Waals surface area contributed by atoms with Crippen LogP contribution < -0.4 is 4.90 Å². The van der Waals surface area contributed by atoms with Crippen molar-refractivity contribution < 1.29 is 4.79 Å². The van der Waals surface area contributed by atoms with Gasteiger partial charge in [0.2, 0.25) is 6.41 Å². The summed E-state index contributed by atoms with van der Waals surface area (Å²) in [6.45, 7) is 4.11. The lowest BCUT2D eigenvalue weighted by atomic mass is 9.48. The molecular formula is C17H21B3N4OS. The van der Waals surface area contributed by atoms with Gasteiger partial charge in [0.05, 0.1) is 29.2 Å². The Morgan fingerprint density at radius 1 is 1.35 bits per heavy atom. The molecule has 0 aromatic carbocycles. The van der Waals surface area contributed by atoms with Crippen LogP contribution in [0, 0.1) is 0 Å². The van der Waals surface area contributed by atoms with E-state index >= 15 is 0 Å². The zero-order valence-corrected chi connectivity index (χ0v) is 16.1. The fraction of sp³-hybridized carbons (Fsp3) is 0.529. The molecule has 0 spiro atoms. The summed E-state index contributed by atoms with van der Waals surface area (Å²) in [7, 11) is 17.4. The van der Waals surface area contributed by atoms with E-state index in [9.17, 15) is 4.79 Å². The highest BCUT2D eigenvalue weighted by atomic mass is 32.2. The standard InChI is InChI=1S/C17H21B3N4OS/c1-3-14-16(24(11-25)17(18,19)20)23-10-13(4-5-15(23)21-14)12-6-8-22(26-2)9-7-12/h4-5,10-12H,3,6-9H2,1-2H3. The van der Waals surface area contributed by atoms with Crippen LogP contribution in [0.5, 0.6) is 0 Å². The lowest BCUT2D eigenvalue weighted by molar-refractivity contribution is -0.107. The van der Waals surface area contributed by atoms with E-state index in [2.05, 4.69) is 21.6 Å². The number of carbonyl (C=O) groups excluding carboxylic acids is 1. The second-order valence-corrected chi connectivity index (χ2v) is 7.56. The fourth-order valence-corrected chi connectivity index (χ4v) is 4.10. The lowest BCUT2D eigenvalue weighted by Crippen LogP contribution is -2.51. The highest BCUT2D eigenvalue weighted by Gasteiger charge is 2.27. The van der Waals surface area contributed by atoms with E-state index in [-0.39, 0.29) is 0 Å². The van der Waals surface area contributed by atoms with Gasteiger partial charge in [-0.15, -0.1) is 0 Å². The Hall–Kier alpha value is -1.34. The minimum Gasteiger partial charge on any atom is -0.319 e. The molecule has 1 amide bonds. The predicted molar refractivity (Wildman–Crippen MR) is 110 cm³/mol. The monoisotopic (exact) mass is 362 g/mol. The third kappa shape index (κ3) is 3.69. The molecule has 3 rings (SSSR count). The molecule has 0 bridgehead atoms. The van der Waals surface area contributed by atoms with E-state index in [0.717, 1.165) is 42.2 Å². The summed E-state index contributed by atoms with van der Waals surface area (Å²) in [6, 6.07) is 4.10. The number of hydrogen-bond donors (Lipinski definition) is 0. The van der Waals surface area contributed by atoms with Crippen molar-refractivity contribution in [1.82, 2.24) is 13.7 Å². The molecule has 1 aliphatic heterocycles. The number of rotatable bonds is 6. The molecule has 0 unspecified atom stereocenters. The number of aryl methyl sites for hydroxylation is 1. The molecular weight excluding hydrogens is 341 g/mol. The number of fused-ring (bicyclic) bond motifs is 1. The Labute approximate surface area is 163 Å². The molecule has 9 heteroatoms. The average molecular weight is 362 g/mol. The van der Waals surface area contributed by atoms with Gasteiger partial charge in [-0.2, -0.15) is 0 Å². The van der Waals surface area contributed by atoms with Crippen LogP contribution in [0.15, 0.2) is 18.3 Å². The molecule has 6 radical (unpaired) electrons. The van der Waals surface area contributed by atoms with Crippen molar-refractivity contribution in [2.75, 3.05) is 24.2 Å². The number of carbonyl (C=O) groups is 1. The molecule has 3 heterocycles. The maximum Gasteiger partial charge on any atom is 0.213 e. The van der Waals surface area contributed by atoms with Crippen LogP contribution in [0.4, 0.5) is 5.82 Å². The summed E-state index contributed by atoms with van der Waals surface area (Å²) in [5.41, 5.74) is 2.71. The molecule has 0 saturated carbocycles. The van der Waals surface area contributed by atoms with Gasteiger partial charge >= 0.3 is 0 Å². The van der Waals surface area contributed by atoms with E-state index in [1.165, 1.54) is 5.56 Å². The first kappa shape index (κ1) is 19.4. The Balaban J connectivity index is 2.03. The van der Waals surface area contributed by atoms with E-state index < -0.39 is 5.24 Å². The molecule has 1 fully saturated rings. The van der Waals surface area contributed by atoms with Crippen LogP contribution in [-0.2, 0) is 11.2 Å². The molecule has 2 aromatic rings. The van der Waals surface area contributed by atoms with Crippen LogP contribution in [-0.4, -0.2) is 68.2 Å². The van der Waals surface area contributed by atoms with Crippen LogP contribution in [0.2, 0.25) is 0 Å². The number of anilines is 1. The van der Waals surface area contributed by atoms with Gasteiger partial charge in [0.1, 0.15) is 11.5 Å². The van der Waals surface area contributed by atoms with Gasteiger partial charge in [-0.25, -0.2) is 4.98 Å². The lowest BCUT2D eigenvalue weighted by Gasteiger charge is -2.34. The Morgan fingerprint density at radius 3 is 2.58 bits per heavy atom. The number of imidazole rings is 1. The van der Waals surface area contributed by atoms with Gasteiger partial charge in [0.15, 0.2) is 0 Å². The van der Waals surface area contributed by atoms with Crippen molar-refractivity contribution in [3.63, 3.8) is 0 Å². The van der Waals surface area contributed by atoms with Crippen LogP contribution in [0.25, 0.3) is 5.65 Å². The van der Waals surface area contributed by atoms with E-state index in [1.807, 2.05) is 23.6 Å². The van der Waals surface area contributed by atoms with E-state index in [4.69, 9.17) is 23.5 Å². The van der Waals surface area contributed by atoms with Crippen molar-refractivity contribution in [2.24, 2.45) is 0 Å². The average Bonchev–Trinajstić information content (AvgIpc) is 2.99. The summed E-state index contributed by atoms with van der Waals surface area (Å²) in [4.78, 5) is 17.4. The Kier molecular flexibility index (Phi) is 5.77. The molecule has 0 atom stereocenters. The fourth-order valence-electron chi connectivity index (χ4n) is 3.53. The number of pyridine rings is 1. The molecule has 0 aliphatic carbocycles. The zero-order valence-electron chi connectivity index (χ0n) is 15.3. The van der Waals surface area contributed by atoms with Gasteiger partial charge in [-0.3, -0.25) is 13.5 Å². The van der Waals surface area contributed by atoms with Crippen molar-refractivity contribution in [1.29, 1.82) is 0 Å². The Bertz CT molecular complexity index is 784. The van der Waals surface area contributed by atoms with Crippen molar-refractivity contribution in [3.8, 4) is 0 Å². The maximum atomic E-state index is 11.7. The molecule has 1 aliphatic rings. The second kappa shape index (κ2) is 7.73. The number of piperidine rings is 1. The minimum atomic E-state index is -1.79. The zero-order chi connectivity index (χ0) is 18.9. The molecule has 1 saturated heterocycles. The first-order valence-corrected chi connectivity index (χ1v) is 9.98. The van der Waals surface area contributed by atoms with Gasteiger partial charge < -0.3 is 4.90 Å². The van der Waals surface area contributed by atoms with Crippen molar-refractivity contribution in [2.45, 2.75) is 37.3 Å². The molecule has 130 valence electrons. The second-order valence-electron chi connectivity index (χ2n) is 6.67. The molecule has 0 N–H and O–H groups in total. The molecule has 26 heavy (non-hydrogen) atoms. The normalized spacial score (nSPS) is 16.8. The predicted octanol–water partition coefficient (Wildman–Crippen LogP) is 1.43. The van der Waals surface area contributed by atoms with Gasteiger partial charge in [-0.05, 0) is 43.1 Å². The third-order valence-electron chi connectivity index (χ3n) is 4.95. The van der Waals surface area contributed by atoms with Crippen molar-refractivity contribution in [3.05, 3.63) is 29.6 Å². The van der Waals surface area contributed by atoms with Crippen molar-refractivity contribution >= 4 is 53.4 Å². The summed E-state index contributed by atoms with van der Waals surface area (Å²) in [5.74, 6) is 1.01. The van der Waals surface area contributed by atoms with Crippen LogP contribution in [0.3, 0.4) is 0 Å². The van der Waals surface area contributed by atoms with Gasteiger partial charge in [0.25, 0.3) is 0 Å². The number of hydrogen-bond acceptors (Lipinski definition) is 4. The van der Waals surface area contributed by atoms with Gasteiger partial charge in [0, 0.05) is 19.3 Å². The van der Waals surface area contributed by atoms with Crippen LogP contribution in [0.1, 0.15) is 36.9 Å². The summed E-state index contributed by atoms with van der Waals surface area (Å²) in [6.07, 6.45) is 7.55. The Morgan fingerprint density at radius 2 is 2.04 bits per heavy atom. The summed E-state index contributed by atoms with van der Waals surface area (Å²) >= 11 is 1.79. The maximum absolute atomic E-state index is 11.7. The summed E-state index contributed by atoms with van der Waals surface area (Å²) in [5, 5.41) is -1.79. The topological polar surface area (TPSA) is 40.9 Å². The third-order valence-corrected chi connectivity index (χ3v) is 5.84. The highest BCUT2D eigenvalue weighted by Crippen LogP contribution is 2.32. The smallest absolute Gasteiger partial charge is 0.213 e. The quantitative estimate of drug-likeness (QED) is 0.443. The van der Waals surface area contributed by atoms with E-state index in [1.54, 1.807) is 11.9 Å². The van der Waals surface area contributed by atoms with E-state index in [0.29, 0.717) is 24.6 Å². The number of nitrogens with zero attached hydrogens (tertiary/aromatic N) is 4. The highest BCUT2D eigenvalue weighted by molar-refractivity contribution is 7.96. The molecule has 2 aromatic heterocycles. The first-order chi connectivity index (χ1) is 12.4. The summed E-state index contributed by atoms with van der Waals surface area (Å²) < 4.78 is 4.26. The largest absolute Gasteiger partial charge is 0.319 e. The number of amides is 1. The SMILES string of the molecule is [B]C([B])([B])N(C=O)c1c(CC)nc2ccc(C3CCN(SC)CC3)cn12. The van der Waals surface area contributed by atoms with Gasteiger partial charge in [-0.1, -0.05) is 30.2 Å². The van der Waals surface area contributed by atoms with Crippen LogP contribution >= 0.6 is 11.9 Å². The first-order valence-electron chi connectivity index (χ1n) is 8.80.